The summed E-state index contributed by atoms with van der Waals surface area (Å²) in [6, 6.07) is 5.70. The number of hydrogen-bond donors (Lipinski definition) is 2. The molecular formula is C12H16O3. The Bertz CT molecular complexity index is 347. The van der Waals surface area contributed by atoms with Gasteiger partial charge in [0, 0.05) is 0 Å². The lowest BCUT2D eigenvalue weighted by atomic mass is 10.1. The van der Waals surface area contributed by atoms with E-state index in [1.807, 2.05) is 18.2 Å². The van der Waals surface area contributed by atoms with Crippen LogP contribution in [0.2, 0.25) is 0 Å². The Labute approximate surface area is 89.3 Å². The van der Waals surface area contributed by atoms with Crippen molar-refractivity contribution >= 4 is 0 Å². The highest BCUT2D eigenvalue weighted by atomic mass is 16.5. The topological polar surface area (TPSA) is 49.7 Å². The molecule has 1 aliphatic rings. The molecule has 0 aromatic heterocycles. The van der Waals surface area contributed by atoms with Gasteiger partial charge in [-0.15, -0.1) is 0 Å². The Morgan fingerprint density at radius 1 is 1.53 bits per heavy atom. The normalized spacial score (nSPS) is 21.1. The summed E-state index contributed by atoms with van der Waals surface area (Å²) in [5.74, 6) is 0.767. The second-order valence-corrected chi connectivity index (χ2v) is 4.08. The van der Waals surface area contributed by atoms with Crippen LogP contribution in [-0.4, -0.2) is 22.9 Å². The van der Waals surface area contributed by atoms with Gasteiger partial charge in [-0.2, -0.15) is 0 Å². The van der Waals surface area contributed by atoms with Gasteiger partial charge in [-0.05, 0) is 43.0 Å². The summed E-state index contributed by atoms with van der Waals surface area (Å²) in [6.45, 7) is 2.00. The third kappa shape index (κ3) is 2.30. The number of hydrogen-bond acceptors (Lipinski definition) is 3. The maximum absolute atomic E-state index is 9.61. The van der Waals surface area contributed by atoms with E-state index < -0.39 is 6.10 Å². The van der Waals surface area contributed by atoms with Gasteiger partial charge in [-0.25, -0.2) is 0 Å². The van der Waals surface area contributed by atoms with Crippen LogP contribution in [0.3, 0.4) is 0 Å². The number of benzene rings is 1. The van der Waals surface area contributed by atoms with Crippen LogP contribution in [0.4, 0.5) is 0 Å². The first kappa shape index (κ1) is 10.5. The van der Waals surface area contributed by atoms with Gasteiger partial charge in [-0.1, -0.05) is 6.07 Å². The Balaban J connectivity index is 2.09. The molecule has 1 aromatic rings. The largest absolute Gasteiger partial charge is 0.491 e. The Kier molecular flexibility index (Phi) is 2.93. The van der Waals surface area contributed by atoms with Crippen LogP contribution in [0.25, 0.3) is 0 Å². The van der Waals surface area contributed by atoms with Crippen molar-refractivity contribution in [3.63, 3.8) is 0 Å². The fourth-order valence-electron chi connectivity index (χ4n) is 1.88. The van der Waals surface area contributed by atoms with E-state index in [1.165, 1.54) is 0 Å². The van der Waals surface area contributed by atoms with Gasteiger partial charge in [0.15, 0.2) is 0 Å². The van der Waals surface area contributed by atoms with E-state index in [4.69, 9.17) is 9.84 Å². The summed E-state index contributed by atoms with van der Waals surface area (Å²) in [7, 11) is 0. The predicted molar refractivity (Wildman–Crippen MR) is 56.9 cm³/mol. The molecule has 0 aliphatic heterocycles. The monoisotopic (exact) mass is 208 g/mol. The molecule has 3 nitrogen and oxygen atoms in total. The molecule has 2 N–H and O–H groups in total. The molecule has 2 rings (SSSR count). The lowest BCUT2D eigenvalue weighted by molar-refractivity contribution is 0.122. The average molecular weight is 208 g/mol. The van der Waals surface area contributed by atoms with E-state index in [1.54, 1.807) is 6.92 Å². The van der Waals surface area contributed by atoms with E-state index in [2.05, 4.69) is 0 Å². The van der Waals surface area contributed by atoms with Crippen LogP contribution in [0.1, 0.15) is 30.6 Å². The van der Waals surface area contributed by atoms with Crippen LogP contribution < -0.4 is 4.74 Å². The van der Waals surface area contributed by atoms with E-state index in [0.717, 1.165) is 29.7 Å². The minimum Gasteiger partial charge on any atom is -0.491 e. The van der Waals surface area contributed by atoms with Crippen LogP contribution >= 0.6 is 0 Å². The van der Waals surface area contributed by atoms with Crippen molar-refractivity contribution in [1.29, 1.82) is 0 Å². The lowest BCUT2D eigenvalue weighted by Crippen LogP contribution is -2.12. The summed E-state index contributed by atoms with van der Waals surface area (Å²) < 4.78 is 5.40. The molecule has 1 aromatic carbocycles. The van der Waals surface area contributed by atoms with Crippen LogP contribution in [0.5, 0.6) is 5.75 Å². The van der Waals surface area contributed by atoms with Gasteiger partial charge >= 0.3 is 0 Å². The molecular weight excluding hydrogens is 192 g/mol. The lowest BCUT2D eigenvalue weighted by Gasteiger charge is -2.10. The highest BCUT2D eigenvalue weighted by Crippen LogP contribution is 2.33. The standard InChI is InChI=1S/C12H16O3/c1-8(13)7-15-10-3-4-11-9(6-10)2-5-12(11)14/h3-4,6,8,12-14H,2,5,7H2,1H3/t8?,12-/m0/s1. The summed E-state index contributed by atoms with van der Waals surface area (Å²) in [6.07, 6.45) is 0.937. The molecule has 2 atom stereocenters. The zero-order valence-corrected chi connectivity index (χ0v) is 8.81. The van der Waals surface area contributed by atoms with Crippen molar-refractivity contribution in [2.24, 2.45) is 0 Å². The zero-order chi connectivity index (χ0) is 10.8. The van der Waals surface area contributed by atoms with Crippen molar-refractivity contribution in [3.05, 3.63) is 29.3 Å². The first-order valence-corrected chi connectivity index (χ1v) is 5.28. The molecule has 0 bridgehead atoms. The van der Waals surface area contributed by atoms with Crippen molar-refractivity contribution in [2.75, 3.05) is 6.61 Å². The van der Waals surface area contributed by atoms with Gasteiger partial charge < -0.3 is 14.9 Å². The summed E-state index contributed by atoms with van der Waals surface area (Å²) in [5.41, 5.74) is 2.17. The molecule has 0 radical (unpaired) electrons. The Hall–Kier alpha value is -1.06. The summed E-state index contributed by atoms with van der Waals surface area (Å²) in [5, 5.41) is 18.7. The molecule has 1 unspecified atom stereocenters. The third-order valence-electron chi connectivity index (χ3n) is 2.65. The van der Waals surface area contributed by atoms with Crippen LogP contribution in [-0.2, 0) is 6.42 Å². The molecule has 15 heavy (non-hydrogen) atoms. The Morgan fingerprint density at radius 2 is 2.33 bits per heavy atom. The highest BCUT2D eigenvalue weighted by Gasteiger charge is 2.20. The van der Waals surface area contributed by atoms with E-state index in [0.29, 0.717) is 6.61 Å². The fourth-order valence-corrected chi connectivity index (χ4v) is 1.88. The third-order valence-corrected chi connectivity index (χ3v) is 2.65. The van der Waals surface area contributed by atoms with E-state index >= 15 is 0 Å². The van der Waals surface area contributed by atoms with Gasteiger partial charge in [0.05, 0.1) is 12.2 Å². The second-order valence-electron chi connectivity index (χ2n) is 4.08. The van der Waals surface area contributed by atoms with Crippen molar-refractivity contribution in [3.8, 4) is 5.75 Å². The first-order chi connectivity index (χ1) is 7.16. The zero-order valence-electron chi connectivity index (χ0n) is 8.81. The SMILES string of the molecule is CC(O)COc1ccc2c(c1)CC[C@@H]2O. The Morgan fingerprint density at radius 3 is 3.07 bits per heavy atom. The molecule has 82 valence electrons. The molecule has 0 heterocycles. The van der Waals surface area contributed by atoms with Gasteiger partial charge in [0.1, 0.15) is 12.4 Å². The second kappa shape index (κ2) is 4.21. The van der Waals surface area contributed by atoms with Gasteiger partial charge in [0.25, 0.3) is 0 Å². The number of aryl methyl sites for hydroxylation is 1. The fraction of sp³-hybridized carbons (Fsp3) is 0.500. The molecule has 0 fully saturated rings. The first-order valence-electron chi connectivity index (χ1n) is 5.28. The van der Waals surface area contributed by atoms with Crippen molar-refractivity contribution < 1.29 is 14.9 Å². The molecule has 0 amide bonds. The molecule has 0 saturated heterocycles. The number of rotatable bonds is 3. The molecule has 0 saturated carbocycles. The smallest absolute Gasteiger partial charge is 0.119 e. The van der Waals surface area contributed by atoms with Crippen LogP contribution in [0, 0.1) is 0 Å². The quantitative estimate of drug-likeness (QED) is 0.790. The van der Waals surface area contributed by atoms with E-state index in [9.17, 15) is 5.11 Å². The van der Waals surface area contributed by atoms with Crippen molar-refractivity contribution in [2.45, 2.75) is 32.0 Å². The minimum absolute atomic E-state index is 0.307. The van der Waals surface area contributed by atoms with Gasteiger partial charge in [-0.3, -0.25) is 0 Å². The number of aliphatic hydroxyl groups is 2. The van der Waals surface area contributed by atoms with Crippen molar-refractivity contribution in [1.82, 2.24) is 0 Å². The number of aliphatic hydroxyl groups excluding tert-OH is 2. The highest BCUT2D eigenvalue weighted by molar-refractivity contribution is 5.39. The predicted octanol–water partition coefficient (Wildman–Crippen LogP) is 1.43. The average Bonchev–Trinajstić information content (AvgIpc) is 2.57. The number of ether oxygens (including phenoxy) is 1. The molecule has 1 aliphatic carbocycles. The van der Waals surface area contributed by atoms with E-state index in [-0.39, 0.29) is 6.10 Å². The summed E-state index contributed by atoms with van der Waals surface area (Å²) in [4.78, 5) is 0. The number of fused-ring (bicyclic) bond motifs is 1. The maximum Gasteiger partial charge on any atom is 0.119 e. The maximum atomic E-state index is 9.61. The van der Waals surface area contributed by atoms with Gasteiger partial charge in [0.2, 0.25) is 0 Å². The molecule has 3 heteroatoms. The molecule has 0 spiro atoms. The van der Waals surface area contributed by atoms with Crippen LogP contribution in [0.15, 0.2) is 18.2 Å². The minimum atomic E-state index is -0.455. The summed E-state index contributed by atoms with van der Waals surface area (Å²) >= 11 is 0.